The van der Waals surface area contributed by atoms with Crippen molar-refractivity contribution in [3.8, 4) is 0 Å². The number of nitrogens with zero attached hydrogens (tertiary/aromatic N) is 3. The monoisotopic (exact) mass is 346 g/mol. The van der Waals surface area contributed by atoms with Gasteiger partial charge in [-0.3, -0.25) is 20.2 Å². The first-order valence-corrected chi connectivity index (χ1v) is 8.43. The first-order chi connectivity index (χ1) is 10.6. The van der Waals surface area contributed by atoms with Crippen molar-refractivity contribution in [3.05, 3.63) is 32.4 Å². The SMILES string of the molecule is CCCN(CCC)c1ccc([N+](=O)[O-])c([N+](=O)[O-])c1S(N)(=O)=O. The molecule has 0 radical (unpaired) electrons. The summed E-state index contributed by atoms with van der Waals surface area (Å²) in [4.78, 5) is 21.0. The van der Waals surface area contributed by atoms with Crippen molar-refractivity contribution >= 4 is 27.1 Å². The van der Waals surface area contributed by atoms with Crippen LogP contribution in [0.15, 0.2) is 17.0 Å². The fraction of sp³-hybridized carbons (Fsp3) is 0.500. The number of hydrogen-bond acceptors (Lipinski definition) is 7. The maximum absolute atomic E-state index is 11.9. The molecular weight excluding hydrogens is 328 g/mol. The molecule has 1 aromatic carbocycles. The molecule has 0 unspecified atom stereocenters. The Labute approximate surface area is 133 Å². The molecule has 0 saturated heterocycles. The zero-order valence-corrected chi connectivity index (χ0v) is 13.6. The molecule has 0 aliphatic heterocycles. The van der Waals surface area contributed by atoms with Gasteiger partial charge in [0.05, 0.1) is 15.5 Å². The number of anilines is 1. The summed E-state index contributed by atoms with van der Waals surface area (Å²) in [5, 5.41) is 27.4. The van der Waals surface area contributed by atoms with E-state index in [0.717, 1.165) is 6.07 Å². The van der Waals surface area contributed by atoms with Gasteiger partial charge >= 0.3 is 11.4 Å². The fourth-order valence-electron chi connectivity index (χ4n) is 2.30. The molecular formula is C12H18N4O6S. The molecule has 1 aromatic rings. The number of sulfonamides is 1. The normalized spacial score (nSPS) is 11.3. The Kier molecular flexibility index (Phi) is 5.98. The average Bonchev–Trinajstić information content (AvgIpc) is 2.44. The predicted octanol–water partition coefficient (Wildman–Crippen LogP) is 1.78. The first-order valence-electron chi connectivity index (χ1n) is 6.88. The number of nitrogens with two attached hydrogens (primary N) is 1. The Bertz CT molecular complexity index is 713. The third-order valence-corrected chi connectivity index (χ3v) is 4.05. The van der Waals surface area contributed by atoms with Crippen LogP contribution < -0.4 is 10.0 Å². The zero-order chi connectivity index (χ0) is 17.8. The molecule has 0 spiro atoms. The Morgan fingerprint density at radius 1 is 1.09 bits per heavy atom. The van der Waals surface area contributed by atoms with E-state index in [-0.39, 0.29) is 5.69 Å². The van der Waals surface area contributed by atoms with Crippen LogP contribution in [0.2, 0.25) is 0 Å². The maximum Gasteiger partial charge on any atom is 0.368 e. The van der Waals surface area contributed by atoms with E-state index in [1.165, 1.54) is 6.07 Å². The van der Waals surface area contributed by atoms with Crippen LogP contribution >= 0.6 is 0 Å². The second-order valence-corrected chi connectivity index (χ2v) is 6.33. The molecule has 11 heteroatoms. The minimum atomic E-state index is -4.53. The Balaban J connectivity index is 3.82. The lowest BCUT2D eigenvalue weighted by Crippen LogP contribution is -2.28. The Morgan fingerprint density at radius 2 is 1.61 bits per heavy atom. The van der Waals surface area contributed by atoms with Gasteiger partial charge < -0.3 is 4.90 Å². The number of hydrogen-bond donors (Lipinski definition) is 1. The summed E-state index contributed by atoms with van der Waals surface area (Å²) >= 11 is 0. The quantitative estimate of drug-likeness (QED) is 0.556. The lowest BCUT2D eigenvalue weighted by Gasteiger charge is -2.25. The average molecular weight is 346 g/mol. The minimum Gasteiger partial charge on any atom is -0.370 e. The van der Waals surface area contributed by atoms with Gasteiger partial charge in [-0.2, -0.15) is 0 Å². The lowest BCUT2D eigenvalue weighted by atomic mass is 10.2. The predicted molar refractivity (Wildman–Crippen MR) is 83.9 cm³/mol. The van der Waals surface area contributed by atoms with E-state index in [2.05, 4.69) is 0 Å². The van der Waals surface area contributed by atoms with Gasteiger partial charge in [0.25, 0.3) is 0 Å². The molecule has 0 amide bonds. The van der Waals surface area contributed by atoms with Crippen molar-refractivity contribution in [2.75, 3.05) is 18.0 Å². The molecule has 128 valence electrons. The van der Waals surface area contributed by atoms with Crippen molar-refractivity contribution in [2.45, 2.75) is 31.6 Å². The molecule has 0 bridgehead atoms. The van der Waals surface area contributed by atoms with Gasteiger partial charge in [-0.15, -0.1) is 0 Å². The lowest BCUT2D eigenvalue weighted by molar-refractivity contribution is -0.424. The van der Waals surface area contributed by atoms with Crippen LogP contribution in [0.5, 0.6) is 0 Å². The highest BCUT2D eigenvalue weighted by Crippen LogP contribution is 2.40. The number of nitro benzene ring substituents is 2. The smallest absolute Gasteiger partial charge is 0.368 e. The van der Waals surface area contributed by atoms with E-state index in [0.29, 0.717) is 25.9 Å². The van der Waals surface area contributed by atoms with Gasteiger partial charge in [0.2, 0.25) is 10.0 Å². The van der Waals surface area contributed by atoms with Gasteiger partial charge in [-0.05, 0) is 18.9 Å². The standard InChI is InChI=1S/C12H18N4O6S/c1-3-7-14(8-4-2)10-6-5-9(15(17)18)11(16(19)20)12(10)23(13,21)22/h5-6H,3-4,7-8H2,1-2H3,(H2,13,21,22). The molecule has 1 rings (SSSR count). The molecule has 10 nitrogen and oxygen atoms in total. The Hall–Kier alpha value is -2.27. The van der Waals surface area contributed by atoms with Crippen LogP contribution in [-0.4, -0.2) is 31.4 Å². The molecule has 0 atom stereocenters. The van der Waals surface area contributed by atoms with Gasteiger partial charge in [-0.1, -0.05) is 13.8 Å². The molecule has 0 aliphatic carbocycles. The largest absolute Gasteiger partial charge is 0.370 e. The second-order valence-electron chi connectivity index (χ2n) is 4.83. The molecule has 0 aromatic heterocycles. The zero-order valence-electron chi connectivity index (χ0n) is 12.8. The number of rotatable bonds is 8. The van der Waals surface area contributed by atoms with Gasteiger partial charge in [0.15, 0.2) is 4.90 Å². The van der Waals surface area contributed by atoms with Gasteiger partial charge in [-0.25, -0.2) is 13.6 Å². The van der Waals surface area contributed by atoms with E-state index in [4.69, 9.17) is 5.14 Å². The van der Waals surface area contributed by atoms with E-state index < -0.39 is 36.1 Å². The van der Waals surface area contributed by atoms with Crippen LogP contribution in [0.1, 0.15) is 26.7 Å². The molecule has 0 heterocycles. The molecule has 2 N–H and O–H groups in total. The Morgan fingerprint density at radius 3 is 1.96 bits per heavy atom. The topological polar surface area (TPSA) is 150 Å². The van der Waals surface area contributed by atoms with E-state index in [1.807, 2.05) is 13.8 Å². The van der Waals surface area contributed by atoms with Crippen molar-refractivity contribution in [2.24, 2.45) is 5.14 Å². The summed E-state index contributed by atoms with van der Waals surface area (Å²) in [6, 6.07) is 2.12. The molecule has 0 aliphatic rings. The summed E-state index contributed by atoms with van der Waals surface area (Å²) in [7, 11) is -4.53. The third-order valence-electron chi connectivity index (χ3n) is 3.08. The number of nitro groups is 2. The molecule has 0 fully saturated rings. The third kappa shape index (κ3) is 4.13. The highest BCUT2D eigenvalue weighted by Gasteiger charge is 2.37. The highest BCUT2D eigenvalue weighted by molar-refractivity contribution is 7.89. The van der Waals surface area contributed by atoms with Crippen molar-refractivity contribution in [1.29, 1.82) is 0 Å². The molecule has 23 heavy (non-hydrogen) atoms. The summed E-state index contributed by atoms with van der Waals surface area (Å²) in [6.07, 6.45) is 1.32. The van der Waals surface area contributed by atoms with E-state index in [9.17, 15) is 28.6 Å². The highest BCUT2D eigenvalue weighted by atomic mass is 32.2. The maximum atomic E-state index is 11.9. The van der Waals surface area contributed by atoms with Crippen LogP contribution in [0, 0.1) is 20.2 Å². The van der Waals surface area contributed by atoms with Crippen molar-refractivity contribution < 1.29 is 18.3 Å². The van der Waals surface area contributed by atoms with E-state index >= 15 is 0 Å². The summed E-state index contributed by atoms with van der Waals surface area (Å²) in [6.45, 7) is 4.59. The van der Waals surface area contributed by atoms with Crippen molar-refractivity contribution in [3.63, 3.8) is 0 Å². The minimum absolute atomic E-state index is 0.00787. The number of benzene rings is 1. The molecule has 0 saturated carbocycles. The summed E-state index contributed by atoms with van der Waals surface area (Å²) in [5.74, 6) is 0. The van der Waals surface area contributed by atoms with Crippen LogP contribution in [0.3, 0.4) is 0 Å². The number of primary sulfonamides is 1. The summed E-state index contributed by atoms with van der Waals surface area (Å²) < 4.78 is 23.8. The van der Waals surface area contributed by atoms with Crippen LogP contribution in [0.4, 0.5) is 17.1 Å². The fourth-order valence-corrected chi connectivity index (χ4v) is 3.23. The van der Waals surface area contributed by atoms with E-state index in [1.54, 1.807) is 4.90 Å². The summed E-state index contributed by atoms with van der Waals surface area (Å²) in [5.41, 5.74) is -2.00. The van der Waals surface area contributed by atoms with Crippen LogP contribution in [0.25, 0.3) is 0 Å². The first kappa shape index (κ1) is 18.8. The van der Waals surface area contributed by atoms with Crippen LogP contribution in [-0.2, 0) is 10.0 Å². The van der Waals surface area contributed by atoms with Gasteiger partial charge in [0, 0.05) is 19.2 Å². The second kappa shape index (κ2) is 7.33. The van der Waals surface area contributed by atoms with Gasteiger partial charge in [0.1, 0.15) is 0 Å². The van der Waals surface area contributed by atoms with Crippen molar-refractivity contribution in [1.82, 2.24) is 0 Å².